The lowest BCUT2D eigenvalue weighted by Crippen LogP contribution is -2.50. The van der Waals surface area contributed by atoms with Gasteiger partial charge >= 0.3 is 12.0 Å². The summed E-state index contributed by atoms with van der Waals surface area (Å²) in [5.74, 6) is -0.427. The second kappa shape index (κ2) is 5.55. The molecule has 0 radical (unpaired) electrons. The van der Waals surface area contributed by atoms with Crippen molar-refractivity contribution in [1.82, 2.24) is 9.80 Å². The van der Waals surface area contributed by atoms with Crippen LogP contribution in [0.15, 0.2) is 0 Å². The summed E-state index contributed by atoms with van der Waals surface area (Å²) in [5.41, 5.74) is 0. The largest absolute Gasteiger partial charge is 0.480 e. The lowest BCUT2D eigenvalue weighted by atomic mass is 9.94. The summed E-state index contributed by atoms with van der Waals surface area (Å²) in [6, 6.07) is 1.44. The van der Waals surface area contributed by atoms with E-state index in [0.29, 0.717) is 25.4 Å². The van der Waals surface area contributed by atoms with Gasteiger partial charge in [-0.1, -0.05) is 6.42 Å². The summed E-state index contributed by atoms with van der Waals surface area (Å²) in [6.07, 6.45) is 5.25. The van der Waals surface area contributed by atoms with Gasteiger partial charge in [-0.15, -0.1) is 0 Å². The van der Waals surface area contributed by atoms with Gasteiger partial charge in [0.25, 0.3) is 0 Å². The summed E-state index contributed by atoms with van der Waals surface area (Å²) in [6.45, 7) is 0.981. The average Bonchev–Trinajstić information content (AvgIpc) is 3.06. The molecule has 0 bridgehead atoms. The van der Waals surface area contributed by atoms with Crippen LogP contribution in [0.2, 0.25) is 0 Å². The number of nitriles is 1. The highest BCUT2D eigenvalue weighted by molar-refractivity contribution is 5.84. The molecule has 6 nitrogen and oxygen atoms in total. The minimum absolute atomic E-state index is 0.114. The zero-order chi connectivity index (χ0) is 15.0. The van der Waals surface area contributed by atoms with Gasteiger partial charge < -0.3 is 14.9 Å². The van der Waals surface area contributed by atoms with Crippen molar-refractivity contribution < 1.29 is 14.7 Å². The van der Waals surface area contributed by atoms with Gasteiger partial charge in [0.05, 0.1) is 12.5 Å². The molecule has 21 heavy (non-hydrogen) atoms. The molecular weight excluding hydrogens is 270 g/mol. The van der Waals surface area contributed by atoms with Crippen LogP contribution in [-0.4, -0.2) is 52.1 Å². The molecule has 2 saturated carbocycles. The van der Waals surface area contributed by atoms with E-state index in [1.54, 1.807) is 9.80 Å². The lowest BCUT2D eigenvalue weighted by molar-refractivity contribution is -0.142. The number of carbonyl (C=O) groups excluding carboxylic acids is 1. The van der Waals surface area contributed by atoms with Crippen molar-refractivity contribution in [2.45, 2.75) is 50.6 Å². The van der Waals surface area contributed by atoms with Crippen LogP contribution < -0.4 is 0 Å². The maximum Gasteiger partial charge on any atom is 0.326 e. The van der Waals surface area contributed by atoms with Gasteiger partial charge in [-0.3, -0.25) is 0 Å². The molecule has 1 N–H and O–H groups in total. The second-order valence-corrected chi connectivity index (χ2v) is 6.41. The second-order valence-electron chi connectivity index (χ2n) is 6.41. The molecule has 6 heteroatoms. The van der Waals surface area contributed by atoms with Crippen molar-refractivity contribution in [3.8, 4) is 6.07 Å². The molecule has 2 aliphatic carbocycles. The van der Waals surface area contributed by atoms with Crippen molar-refractivity contribution in [1.29, 1.82) is 5.26 Å². The minimum Gasteiger partial charge on any atom is -0.480 e. The Kier molecular flexibility index (Phi) is 3.75. The molecule has 1 saturated heterocycles. The van der Waals surface area contributed by atoms with Crippen LogP contribution in [0.5, 0.6) is 0 Å². The number of carboxylic acids is 1. The highest BCUT2D eigenvalue weighted by Crippen LogP contribution is 2.43. The van der Waals surface area contributed by atoms with Crippen LogP contribution in [0.25, 0.3) is 0 Å². The highest BCUT2D eigenvalue weighted by Gasteiger charge is 2.51. The SMILES string of the molecule is N#CCCN(C(=O)N1CC2CCCC2C1C(=O)O)C1CC1. The van der Waals surface area contributed by atoms with E-state index in [1.807, 2.05) is 0 Å². The first kappa shape index (κ1) is 14.2. The molecule has 1 aliphatic heterocycles. The van der Waals surface area contributed by atoms with Crippen molar-refractivity contribution in [2.75, 3.05) is 13.1 Å². The van der Waals surface area contributed by atoms with Crippen LogP contribution >= 0.6 is 0 Å². The van der Waals surface area contributed by atoms with Gasteiger partial charge in [-0.25, -0.2) is 9.59 Å². The van der Waals surface area contributed by atoms with Crippen molar-refractivity contribution in [3.63, 3.8) is 0 Å². The number of carbonyl (C=O) groups is 2. The van der Waals surface area contributed by atoms with E-state index in [-0.39, 0.29) is 18.0 Å². The molecule has 0 aromatic heterocycles. The predicted octanol–water partition coefficient (Wildman–Crippen LogP) is 1.67. The number of hydrogen-bond donors (Lipinski definition) is 1. The Morgan fingerprint density at radius 2 is 2.05 bits per heavy atom. The Morgan fingerprint density at radius 1 is 1.29 bits per heavy atom. The monoisotopic (exact) mass is 291 g/mol. The molecule has 0 aromatic carbocycles. The third-order valence-corrected chi connectivity index (χ3v) is 5.09. The van der Waals surface area contributed by atoms with Gasteiger partial charge in [-0.2, -0.15) is 5.26 Å². The standard InChI is InChI=1S/C15H21N3O3/c16-7-2-8-17(11-5-6-11)15(21)18-9-10-3-1-4-12(10)13(18)14(19)20/h10-13H,1-6,8-9H2,(H,19,20). The topological polar surface area (TPSA) is 84.6 Å². The summed E-state index contributed by atoms with van der Waals surface area (Å²) in [5, 5.41) is 18.3. The highest BCUT2D eigenvalue weighted by atomic mass is 16.4. The van der Waals surface area contributed by atoms with Crippen LogP contribution in [0.3, 0.4) is 0 Å². The maximum atomic E-state index is 12.8. The number of aliphatic carboxylic acids is 1. The first-order valence-corrected chi connectivity index (χ1v) is 7.80. The van der Waals surface area contributed by atoms with E-state index in [2.05, 4.69) is 6.07 Å². The van der Waals surface area contributed by atoms with Gasteiger partial charge in [-0.05, 0) is 37.5 Å². The maximum absolute atomic E-state index is 12.8. The number of likely N-dealkylation sites (tertiary alicyclic amines) is 1. The Hall–Kier alpha value is -1.77. The van der Waals surface area contributed by atoms with Crippen molar-refractivity contribution in [3.05, 3.63) is 0 Å². The fourth-order valence-electron chi connectivity index (χ4n) is 3.97. The minimum atomic E-state index is -0.881. The fourth-order valence-corrected chi connectivity index (χ4v) is 3.97. The third kappa shape index (κ3) is 2.57. The number of urea groups is 1. The van der Waals surface area contributed by atoms with Crippen LogP contribution in [0, 0.1) is 23.2 Å². The van der Waals surface area contributed by atoms with Crippen LogP contribution in [0.4, 0.5) is 4.79 Å². The van der Waals surface area contributed by atoms with Gasteiger partial charge in [0.15, 0.2) is 0 Å². The van der Waals surface area contributed by atoms with E-state index in [9.17, 15) is 14.7 Å². The first-order chi connectivity index (χ1) is 10.1. The van der Waals surface area contributed by atoms with E-state index in [1.165, 1.54) is 0 Å². The Morgan fingerprint density at radius 3 is 2.67 bits per heavy atom. The molecule has 2 amide bonds. The van der Waals surface area contributed by atoms with Crippen molar-refractivity contribution in [2.24, 2.45) is 11.8 Å². The molecule has 1 heterocycles. The Bertz CT molecular complexity index is 483. The van der Waals surface area contributed by atoms with E-state index in [0.717, 1.165) is 32.1 Å². The molecule has 3 aliphatic rings. The molecule has 0 spiro atoms. The van der Waals surface area contributed by atoms with Crippen LogP contribution in [0.1, 0.15) is 38.5 Å². The lowest BCUT2D eigenvalue weighted by Gasteiger charge is -2.31. The number of carboxylic acid groups (broad SMARTS) is 1. The number of hydrogen-bond acceptors (Lipinski definition) is 3. The van der Waals surface area contributed by atoms with Gasteiger partial charge in [0.2, 0.25) is 0 Å². The number of fused-ring (bicyclic) bond motifs is 1. The van der Waals surface area contributed by atoms with Crippen LogP contribution in [-0.2, 0) is 4.79 Å². The molecular formula is C15H21N3O3. The first-order valence-electron chi connectivity index (χ1n) is 7.80. The Labute approximate surface area is 124 Å². The normalized spacial score (nSPS) is 30.8. The average molecular weight is 291 g/mol. The molecule has 3 unspecified atom stereocenters. The van der Waals surface area contributed by atoms with Crippen molar-refractivity contribution >= 4 is 12.0 Å². The summed E-state index contributed by atoms with van der Waals surface area (Å²) >= 11 is 0. The Balaban J connectivity index is 1.76. The third-order valence-electron chi connectivity index (χ3n) is 5.09. The number of rotatable bonds is 4. The zero-order valence-electron chi connectivity index (χ0n) is 12.1. The fraction of sp³-hybridized carbons (Fsp3) is 0.800. The van der Waals surface area contributed by atoms with Gasteiger partial charge in [0, 0.05) is 19.1 Å². The zero-order valence-corrected chi connectivity index (χ0v) is 12.1. The van der Waals surface area contributed by atoms with E-state index in [4.69, 9.17) is 5.26 Å². The smallest absolute Gasteiger partial charge is 0.326 e. The molecule has 3 rings (SSSR count). The quantitative estimate of drug-likeness (QED) is 0.853. The van der Waals surface area contributed by atoms with E-state index < -0.39 is 12.0 Å². The van der Waals surface area contributed by atoms with Gasteiger partial charge in [0.1, 0.15) is 6.04 Å². The molecule has 114 valence electrons. The number of nitrogens with zero attached hydrogens (tertiary/aromatic N) is 3. The summed E-state index contributed by atoms with van der Waals surface area (Å²) in [7, 11) is 0. The predicted molar refractivity (Wildman–Crippen MR) is 74.3 cm³/mol. The van der Waals surface area contributed by atoms with E-state index >= 15 is 0 Å². The number of amides is 2. The molecule has 3 atom stereocenters. The molecule has 3 fully saturated rings. The molecule has 0 aromatic rings. The summed E-state index contributed by atoms with van der Waals surface area (Å²) in [4.78, 5) is 27.7. The summed E-state index contributed by atoms with van der Waals surface area (Å²) < 4.78 is 0.